The Morgan fingerprint density at radius 2 is 2.13 bits per heavy atom. The number of hydrogen-bond donors (Lipinski definition) is 1. The summed E-state index contributed by atoms with van der Waals surface area (Å²) in [6.45, 7) is 1.97. The van der Waals surface area contributed by atoms with E-state index in [9.17, 15) is 4.39 Å². The van der Waals surface area contributed by atoms with Gasteiger partial charge in [-0.25, -0.2) is 4.39 Å². The first-order chi connectivity index (χ1) is 11.0. The number of nitrogens with zero attached hydrogens (tertiary/aromatic N) is 1. The number of fused-ring (bicyclic) bond motifs is 4. The molecule has 2 aliphatic rings. The van der Waals surface area contributed by atoms with Crippen molar-refractivity contribution < 1.29 is 9.13 Å². The largest absolute Gasteiger partial charge is 0.467 e. The van der Waals surface area contributed by atoms with Crippen molar-refractivity contribution in [3.8, 4) is 5.75 Å². The van der Waals surface area contributed by atoms with Gasteiger partial charge in [-0.15, -0.1) is 0 Å². The molecule has 0 aromatic heterocycles. The summed E-state index contributed by atoms with van der Waals surface area (Å²) in [4.78, 5) is 1.90. The number of para-hydroxylation sites is 1. The van der Waals surface area contributed by atoms with Crippen LogP contribution in [0.2, 0.25) is 5.02 Å². The lowest BCUT2D eigenvalue weighted by Gasteiger charge is -2.52. The van der Waals surface area contributed by atoms with Crippen molar-refractivity contribution in [3.63, 3.8) is 0 Å². The number of halogens is 2. The Labute approximate surface area is 144 Å². The zero-order valence-electron chi connectivity index (χ0n) is 12.3. The van der Waals surface area contributed by atoms with Gasteiger partial charge in [-0.2, -0.15) is 0 Å². The van der Waals surface area contributed by atoms with Crippen LogP contribution < -0.4 is 15.0 Å². The molecule has 0 amide bonds. The number of benzene rings is 2. The Bertz CT molecular complexity index is 815. The van der Waals surface area contributed by atoms with Gasteiger partial charge in [0.15, 0.2) is 10.8 Å². The van der Waals surface area contributed by atoms with Crippen molar-refractivity contribution in [3.05, 3.63) is 58.9 Å². The molecule has 1 N–H and O–H groups in total. The van der Waals surface area contributed by atoms with E-state index >= 15 is 0 Å². The van der Waals surface area contributed by atoms with E-state index in [1.807, 2.05) is 36.1 Å². The Kier molecular flexibility index (Phi) is 3.25. The molecule has 1 fully saturated rings. The molecule has 3 nitrogen and oxygen atoms in total. The molecule has 0 radical (unpaired) electrons. The van der Waals surface area contributed by atoms with Crippen LogP contribution in [0.1, 0.15) is 24.9 Å². The predicted molar refractivity (Wildman–Crippen MR) is 92.5 cm³/mol. The monoisotopic (exact) mass is 348 g/mol. The van der Waals surface area contributed by atoms with Crippen LogP contribution in [0.4, 0.5) is 10.1 Å². The minimum atomic E-state index is -0.678. The van der Waals surface area contributed by atoms with E-state index in [2.05, 4.69) is 5.32 Å². The van der Waals surface area contributed by atoms with Crippen molar-refractivity contribution in [1.29, 1.82) is 0 Å². The number of nitrogens with one attached hydrogen (secondary N) is 1. The van der Waals surface area contributed by atoms with Crippen LogP contribution in [-0.2, 0) is 0 Å². The molecule has 118 valence electrons. The van der Waals surface area contributed by atoms with Gasteiger partial charge in [0, 0.05) is 12.0 Å². The van der Waals surface area contributed by atoms with Crippen LogP contribution in [0.15, 0.2) is 42.5 Å². The van der Waals surface area contributed by atoms with Crippen LogP contribution >= 0.6 is 23.8 Å². The number of thiocarbonyl (C=S) groups is 1. The Morgan fingerprint density at radius 3 is 2.91 bits per heavy atom. The molecule has 2 atom stereocenters. The molecule has 0 aliphatic carbocycles. The highest BCUT2D eigenvalue weighted by Crippen LogP contribution is 2.46. The molecule has 2 aromatic carbocycles. The van der Waals surface area contributed by atoms with Gasteiger partial charge in [0.05, 0.1) is 16.8 Å². The second-order valence-electron chi connectivity index (χ2n) is 5.95. The van der Waals surface area contributed by atoms with Gasteiger partial charge in [-0.1, -0.05) is 23.7 Å². The van der Waals surface area contributed by atoms with E-state index in [1.54, 1.807) is 6.07 Å². The maximum absolute atomic E-state index is 13.6. The van der Waals surface area contributed by atoms with Crippen LogP contribution in [0, 0.1) is 5.82 Å². The summed E-state index contributed by atoms with van der Waals surface area (Å²) in [5.74, 6) is 0.384. The van der Waals surface area contributed by atoms with Gasteiger partial charge in [-0.3, -0.25) is 4.90 Å². The molecule has 23 heavy (non-hydrogen) atoms. The van der Waals surface area contributed by atoms with Crippen molar-refractivity contribution in [2.24, 2.45) is 0 Å². The Balaban J connectivity index is 1.83. The van der Waals surface area contributed by atoms with Gasteiger partial charge >= 0.3 is 0 Å². The van der Waals surface area contributed by atoms with Gasteiger partial charge in [0.2, 0.25) is 0 Å². The Hall–Kier alpha value is -1.85. The van der Waals surface area contributed by atoms with Crippen molar-refractivity contribution >= 4 is 34.6 Å². The molecule has 0 saturated carbocycles. The van der Waals surface area contributed by atoms with Crippen LogP contribution in [0.25, 0.3) is 0 Å². The van der Waals surface area contributed by atoms with Crippen molar-refractivity contribution in [1.82, 2.24) is 5.32 Å². The second-order valence-corrected chi connectivity index (χ2v) is 6.75. The smallest absolute Gasteiger partial charge is 0.188 e. The summed E-state index contributed by atoms with van der Waals surface area (Å²) in [5.41, 5.74) is 0.907. The summed E-state index contributed by atoms with van der Waals surface area (Å²) in [7, 11) is 0. The van der Waals surface area contributed by atoms with Crippen molar-refractivity contribution in [2.75, 3.05) is 4.90 Å². The zero-order valence-corrected chi connectivity index (χ0v) is 13.9. The summed E-state index contributed by atoms with van der Waals surface area (Å²) < 4.78 is 19.8. The average molecular weight is 349 g/mol. The molecule has 4 rings (SSSR count). The number of ether oxygens (including phenoxy) is 1. The quantitative estimate of drug-likeness (QED) is 0.771. The lowest BCUT2D eigenvalue weighted by molar-refractivity contribution is 0.0495. The van der Waals surface area contributed by atoms with E-state index in [0.29, 0.717) is 22.3 Å². The third kappa shape index (κ3) is 2.26. The van der Waals surface area contributed by atoms with Crippen molar-refractivity contribution in [2.45, 2.75) is 25.1 Å². The van der Waals surface area contributed by atoms with E-state index in [4.69, 9.17) is 28.6 Å². The van der Waals surface area contributed by atoms with E-state index in [1.165, 1.54) is 12.1 Å². The first kappa shape index (κ1) is 14.7. The normalized spacial score (nSPS) is 25.4. The summed E-state index contributed by atoms with van der Waals surface area (Å²) in [6, 6.07) is 12.0. The summed E-state index contributed by atoms with van der Waals surface area (Å²) in [5, 5.41) is 4.41. The van der Waals surface area contributed by atoms with E-state index in [-0.39, 0.29) is 11.9 Å². The number of hydrogen-bond acceptors (Lipinski definition) is 2. The number of anilines is 1. The predicted octanol–water partition coefficient (Wildman–Crippen LogP) is 4.41. The SMILES string of the molecule is CC12CC(NC(=S)N1c1ccccc1Cl)c1cc(F)ccc1O2. The minimum Gasteiger partial charge on any atom is -0.467 e. The number of rotatable bonds is 1. The second kappa shape index (κ2) is 5.08. The van der Waals surface area contributed by atoms with Gasteiger partial charge in [0.1, 0.15) is 11.6 Å². The molecule has 0 spiro atoms. The average Bonchev–Trinajstić information content (AvgIpc) is 2.49. The molecule has 2 heterocycles. The molecular weight excluding hydrogens is 335 g/mol. The molecule has 2 bridgehead atoms. The highest BCUT2D eigenvalue weighted by molar-refractivity contribution is 7.80. The Morgan fingerprint density at radius 1 is 1.35 bits per heavy atom. The van der Waals surface area contributed by atoms with Crippen LogP contribution in [-0.4, -0.2) is 10.8 Å². The van der Waals surface area contributed by atoms with E-state index in [0.717, 1.165) is 11.3 Å². The first-order valence-corrected chi connectivity index (χ1v) is 8.10. The summed E-state index contributed by atoms with van der Waals surface area (Å²) >= 11 is 11.9. The van der Waals surface area contributed by atoms with Gasteiger partial charge < -0.3 is 10.1 Å². The maximum atomic E-state index is 13.6. The lowest BCUT2D eigenvalue weighted by Crippen LogP contribution is -2.65. The molecular formula is C17H14ClFN2OS. The molecule has 1 saturated heterocycles. The molecule has 2 unspecified atom stereocenters. The lowest BCUT2D eigenvalue weighted by atomic mass is 9.90. The minimum absolute atomic E-state index is 0.0781. The standard InChI is InChI=1S/C17H14ClFN2OS/c1-17-9-13(11-8-10(19)6-7-15(11)22-17)20-16(23)21(17)14-5-3-2-4-12(14)18/h2-8,13H,9H2,1H3,(H,20,23). The fourth-order valence-electron chi connectivity index (χ4n) is 3.34. The maximum Gasteiger partial charge on any atom is 0.188 e. The molecule has 6 heteroatoms. The fourth-order valence-corrected chi connectivity index (χ4v) is 4.00. The van der Waals surface area contributed by atoms with Crippen LogP contribution in [0.3, 0.4) is 0 Å². The summed E-state index contributed by atoms with van der Waals surface area (Å²) in [6.07, 6.45) is 0.634. The van der Waals surface area contributed by atoms with E-state index < -0.39 is 5.72 Å². The fraction of sp³-hybridized carbons (Fsp3) is 0.235. The van der Waals surface area contributed by atoms with Gasteiger partial charge in [-0.05, 0) is 49.5 Å². The highest BCUT2D eigenvalue weighted by atomic mass is 35.5. The molecule has 2 aliphatic heterocycles. The third-order valence-corrected chi connectivity index (χ3v) is 4.95. The van der Waals surface area contributed by atoms with Crippen LogP contribution in [0.5, 0.6) is 5.75 Å². The zero-order chi connectivity index (χ0) is 16.2. The third-order valence-electron chi connectivity index (χ3n) is 4.33. The van der Waals surface area contributed by atoms with Gasteiger partial charge in [0.25, 0.3) is 0 Å². The molecule has 2 aromatic rings. The highest BCUT2D eigenvalue weighted by Gasteiger charge is 2.48. The topological polar surface area (TPSA) is 24.5 Å². The first-order valence-electron chi connectivity index (χ1n) is 7.32.